The Hall–Kier alpha value is -0.0400. The van der Waals surface area contributed by atoms with Crippen LogP contribution in [-0.4, -0.2) is 18.0 Å². The average Bonchev–Trinajstić information content (AvgIpc) is 2.64. The normalized spacial score (nSPS) is 19.0. The molecule has 1 radical (unpaired) electrons. The van der Waals surface area contributed by atoms with E-state index in [-0.39, 0.29) is 0 Å². The van der Waals surface area contributed by atoms with Gasteiger partial charge in [0.25, 0.3) is 0 Å². The molecule has 1 aliphatic carbocycles. The first-order valence-electron chi connectivity index (χ1n) is 3.98. The van der Waals surface area contributed by atoms with Crippen LogP contribution in [0.4, 0.5) is 0 Å². The SMILES string of the molecule is CCCN(CC)[C]1CC1. The van der Waals surface area contributed by atoms with Crippen LogP contribution in [0.2, 0.25) is 0 Å². The van der Waals surface area contributed by atoms with E-state index >= 15 is 0 Å². The Morgan fingerprint density at radius 1 is 1.33 bits per heavy atom. The van der Waals surface area contributed by atoms with Gasteiger partial charge in [-0.15, -0.1) is 0 Å². The van der Waals surface area contributed by atoms with Gasteiger partial charge < -0.3 is 0 Å². The molecule has 0 aromatic carbocycles. The van der Waals surface area contributed by atoms with Gasteiger partial charge in [-0.3, -0.25) is 4.90 Å². The standard InChI is InChI=1S/C8H16N/c1-3-7-9(4-2)8-5-6-8/h3-7H2,1-2H3. The van der Waals surface area contributed by atoms with E-state index in [1.165, 1.54) is 32.4 Å². The van der Waals surface area contributed by atoms with Crippen molar-refractivity contribution in [2.75, 3.05) is 13.1 Å². The molecule has 1 fully saturated rings. The van der Waals surface area contributed by atoms with Crippen molar-refractivity contribution in [1.82, 2.24) is 4.90 Å². The Morgan fingerprint density at radius 3 is 2.33 bits per heavy atom. The van der Waals surface area contributed by atoms with Gasteiger partial charge in [-0.05, 0) is 32.4 Å². The summed E-state index contributed by atoms with van der Waals surface area (Å²) in [5.74, 6) is 0. The van der Waals surface area contributed by atoms with Crippen molar-refractivity contribution in [2.45, 2.75) is 33.1 Å². The van der Waals surface area contributed by atoms with Gasteiger partial charge in [-0.2, -0.15) is 0 Å². The fourth-order valence-corrected chi connectivity index (χ4v) is 1.18. The second kappa shape index (κ2) is 3.21. The molecule has 0 amide bonds. The van der Waals surface area contributed by atoms with E-state index in [1.54, 1.807) is 6.04 Å². The van der Waals surface area contributed by atoms with Crippen molar-refractivity contribution in [3.8, 4) is 0 Å². The highest BCUT2D eigenvalue weighted by Gasteiger charge is 2.27. The van der Waals surface area contributed by atoms with Gasteiger partial charge in [0.2, 0.25) is 0 Å². The summed E-state index contributed by atoms with van der Waals surface area (Å²) < 4.78 is 0. The summed E-state index contributed by atoms with van der Waals surface area (Å²) in [7, 11) is 0. The molecule has 0 atom stereocenters. The Balaban J connectivity index is 2.12. The molecule has 0 heterocycles. The van der Waals surface area contributed by atoms with Crippen molar-refractivity contribution in [1.29, 1.82) is 0 Å². The lowest BCUT2D eigenvalue weighted by Gasteiger charge is -2.17. The molecule has 0 N–H and O–H groups in total. The Kier molecular flexibility index (Phi) is 2.52. The van der Waals surface area contributed by atoms with E-state index in [9.17, 15) is 0 Å². The van der Waals surface area contributed by atoms with Crippen LogP contribution < -0.4 is 0 Å². The molecule has 0 aromatic rings. The predicted molar refractivity (Wildman–Crippen MR) is 40.0 cm³/mol. The molecule has 9 heavy (non-hydrogen) atoms. The average molecular weight is 126 g/mol. The van der Waals surface area contributed by atoms with E-state index in [2.05, 4.69) is 18.7 Å². The van der Waals surface area contributed by atoms with E-state index < -0.39 is 0 Å². The van der Waals surface area contributed by atoms with Crippen LogP contribution in [-0.2, 0) is 0 Å². The second-order valence-corrected chi connectivity index (χ2v) is 2.65. The summed E-state index contributed by atoms with van der Waals surface area (Å²) in [5.41, 5.74) is 0. The zero-order valence-electron chi connectivity index (χ0n) is 6.48. The van der Waals surface area contributed by atoms with E-state index in [1.807, 2.05) is 0 Å². The number of nitrogens with zero attached hydrogens (tertiary/aromatic N) is 1. The first-order valence-corrected chi connectivity index (χ1v) is 3.98. The first-order chi connectivity index (χ1) is 4.38. The van der Waals surface area contributed by atoms with Gasteiger partial charge in [0.05, 0.1) is 0 Å². The van der Waals surface area contributed by atoms with E-state index in [0.717, 1.165) is 0 Å². The fraction of sp³-hybridized carbons (Fsp3) is 0.875. The van der Waals surface area contributed by atoms with Gasteiger partial charge >= 0.3 is 0 Å². The minimum absolute atomic E-state index is 1.21. The molecule has 1 heteroatoms. The predicted octanol–water partition coefficient (Wildman–Crippen LogP) is 2.04. The van der Waals surface area contributed by atoms with Crippen LogP contribution in [0.1, 0.15) is 33.1 Å². The Morgan fingerprint density at radius 2 is 2.00 bits per heavy atom. The lowest BCUT2D eigenvalue weighted by molar-refractivity contribution is 0.340. The smallest absolute Gasteiger partial charge is 0.0394 e. The van der Waals surface area contributed by atoms with E-state index in [4.69, 9.17) is 0 Å². The second-order valence-electron chi connectivity index (χ2n) is 2.65. The van der Waals surface area contributed by atoms with Crippen LogP contribution in [0.25, 0.3) is 0 Å². The third-order valence-electron chi connectivity index (χ3n) is 1.80. The summed E-state index contributed by atoms with van der Waals surface area (Å²) in [4.78, 5) is 2.50. The van der Waals surface area contributed by atoms with E-state index in [0.29, 0.717) is 0 Å². The van der Waals surface area contributed by atoms with Gasteiger partial charge in [-0.1, -0.05) is 13.8 Å². The molecule has 0 spiro atoms. The van der Waals surface area contributed by atoms with Crippen molar-refractivity contribution >= 4 is 0 Å². The molecular formula is C8H16N. The van der Waals surface area contributed by atoms with Gasteiger partial charge in [0, 0.05) is 6.04 Å². The van der Waals surface area contributed by atoms with Crippen molar-refractivity contribution in [3.63, 3.8) is 0 Å². The molecule has 0 saturated heterocycles. The van der Waals surface area contributed by atoms with Crippen LogP contribution in [0.5, 0.6) is 0 Å². The molecule has 1 nitrogen and oxygen atoms in total. The lowest BCUT2D eigenvalue weighted by Crippen LogP contribution is -2.21. The minimum Gasteiger partial charge on any atom is -0.296 e. The molecule has 1 saturated carbocycles. The molecule has 1 rings (SSSR count). The first kappa shape index (κ1) is 7.07. The molecule has 0 aliphatic heterocycles. The van der Waals surface area contributed by atoms with Crippen LogP contribution in [0.3, 0.4) is 0 Å². The number of hydrogen-bond donors (Lipinski definition) is 0. The molecule has 0 unspecified atom stereocenters. The van der Waals surface area contributed by atoms with Crippen molar-refractivity contribution in [2.24, 2.45) is 0 Å². The maximum atomic E-state index is 2.50. The highest BCUT2D eigenvalue weighted by Crippen LogP contribution is 2.35. The highest BCUT2D eigenvalue weighted by atomic mass is 15.2. The van der Waals surface area contributed by atoms with Gasteiger partial charge in [0.15, 0.2) is 0 Å². The Labute approximate surface area is 58.0 Å². The number of rotatable bonds is 4. The van der Waals surface area contributed by atoms with Crippen molar-refractivity contribution in [3.05, 3.63) is 6.04 Å². The third-order valence-corrected chi connectivity index (χ3v) is 1.80. The summed E-state index contributed by atoms with van der Waals surface area (Å²) >= 11 is 0. The minimum atomic E-state index is 1.21. The summed E-state index contributed by atoms with van der Waals surface area (Å²) in [6.07, 6.45) is 4.03. The largest absolute Gasteiger partial charge is 0.296 e. The fourth-order valence-electron chi connectivity index (χ4n) is 1.18. The molecule has 53 valence electrons. The van der Waals surface area contributed by atoms with Crippen LogP contribution in [0, 0.1) is 6.04 Å². The monoisotopic (exact) mass is 126 g/mol. The molecular weight excluding hydrogens is 110 g/mol. The topological polar surface area (TPSA) is 3.24 Å². The molecule has 0 bridgehead atoms. The number of hydrogen-bond acceptors (Lipinski definition) is 1. The van der Waals surface area contributed by atoms with Crippen LogP contribution >= 0.6 is 0 Å². The zero-order valence-corrected chi connectivity index (χ0v) is 6.48. The molecule has 0 aromatic heterocycles. The quantitative estimate of drug-likeness (QED) is 0.557. The molecule has 1 aliphatic rings. The van der Waals surface area contributed by atoms with Crippen LogP contribution in [0.15, 0.2) is 0 Å². The van der Waals surface area contributed by atoms with Gasteiger partial charge in [0.1, 0.15) is 0 Å². The summed E-state index contributed by atoms with van der Waals surface area (Å²) in [5, 5.41) is 0. The Bertz CT molecular complexity index is 76.6. The van der Waals surface area contributed by atoms with Gasteiger partial charge in [-0.25, -0.2) is 0 Å². The van der Waals surface area contributed by atoms with Crippen molar-refractivity contribution < 1.29 is 0 Å². The maximum Gasteiger partial charge on any atom is 0.0394 e. The summed E-state index contributed by atoms with van der Waals surface area (Å²) in [6.45, 7) is 6.96. The highest BCUT2D eigenvalue weighted by molar-refractivity contribution is 5.03. The third kappa shape index (κ3) is 1.98. The zero-order chi connectivity index (χ0) is 6.69. The lowest BCUT2D eigenvalue weighted by atomic mass is 10.4. The maximum absolute atomic E-state index is 2.50. The summed E-state index contributed by atoms with van der Waals surface area (Å²) in [6, 6.07) is 1.68.